The van der Waals surface area contributed by atoms with Crippen LogP contribution in [-0.4, -0.2) is 37.3 Å². The molecular formula is C29H16Cl3FN6O3S2. The van der Waals surface area contributed by atoms with E-state index >= 15 is 0 Å². The molecule has 44 heavy (non-hydrogen) atoms. The molecule has 0 fully saturated rings. The molecule has 220 valence electrons. The monoisotopic (exact) mass is 684 g/mol. The molecule has 0 radical (unpaired) electrons. The van der Waals surface area contributed by atoms with Crippen molar-refractivity contribution < 1.29 is 14.1 Å². The van der Waals surface area contributed by atoms with Crippen LogP contribution in [0.4, 0.5) is 15.1 Å². The Balaban J connectivity index is 1.54. The van der Waals surface area contributed by atoms with Crippen molar-refractivity contribution in [3.05, 3.63) is 115 Å². The van der Waals surface area contributed by atoms with E-state index in [1.165, 1.54) is 52.0 Å². The van der Waals surface area contributed by atoms with Crippen molar-refractivity contribution >= 4 is 86.3 Å². The van der Waals surface area contributed by atoms with Gasteiger partial charge in [-0.2, -0.15) is 9.78 Å². The van der Waals surface area contributed by atoms with Crippen LogP contribution in [0.25, 0.3) is 27.9 Å². The summed E-state index contributed by atoms with van der Waals surface area (Å²) in [5, 5.41) is 28.7. The summed E-state index contributed by atoms with van der Waals surface area (Å²) in [7, 11) is 0. The van der Waals surface area contributed by atoms with E-state index in [2.05, 4.69) is 15.5 Å². The number of amides is 1. The van der Waals surface area contributed by atoms with Gasteiger partial charge in [-0.3, -0.25) is 14.9 Å². The largest absolute Gasteiger partial charge is 0.317 e. The SMILES string of the molecule is O=C(CCl)Nc1cc(-c2ccccc2)c(-c2nnc3n2N=C(c2cc(F)c(Cl)cc2Cl)/C(=C/c2cccc([N+](=O)[O-])c2)S3)s1. The first-order chi connectivity index (χ1) is 21.2. The Bertz CT molecular complexity index is 2010. The van der Waals surface area contributed by atoms with Crippen molar-refractivity contribution in [2.45, 2.75) is 5.16 Å². The number of carbonyl (C=O) groups is 1. The Morgan fingerprint density at radius 2 is 1.82 bits per heavy atom. The number of anilines is 1. The van der Waals surface area contributed by atoms with E-state index in [9.17, 15) is 19.3 Å². The fourth-order valence-corrected chi connectivity index (χ4v) is 6.89. The fourth-order valence-electron chi connectivity index (χ4n) is 4.35. The van der Waals surface area contributed by atoms with E-state index < -0.39 is 10.7 Å². The average molecular weight is 686 g/mol. The number of thiophene rings is 1. The van der Waals surface area contributed by atoms with Crippen LogP contribution in [0.3, 0.4) is 0 Å². The molecule has 0 unspecified atom stereocenters. The number of hydrogen-bond acceptors (Lipinski definition) is 8. The molecule has 0 saturated carbocycles. The quantitative estimate of drug-likeness (QED) is 0.0794. The Morgan fingerprint density at radius 1 is 1.02 bits per heavy atom. The van der Waals surface area contributed by atoms with Crippen molar-refractivity contribution in [3.63, 3.8) is 0 Å². The summed E-state index contributed by atoms with van der Waals surface area (Å²) in [6, 6.07) is 19.9. The number of fused-ring (bicyclic) bond motifs is 1. The van der Waals surface area contributed by atoms with E-state index in [-0.39, 0.29) is 38.8 Å². The van der Waals surface area contributed by atoms with Gasteiger partial charge in [0.05, 0.1) is 24.8 Å². The lowest BCUT2D eigenvalue weighted by molar-refractivity contribution is -0.384. The van der Waals surface area contributed by atoms with Gasteiger partial charge >= 0.3 is 0 Å². The number of nitrogens with one attached hydrogen (secondary N) is 1. The number of alkyl halides is 1. The highest BCUT2D eigenvalue weighted by Crippen LogP contribution is 2.44. The summed E-state index contributed by atoms with van der Waals surface area (Å²) < 4.78 is 16.3. The van der Waals surface area contributed by atoms with Gasteiger partial charge in [0.25, 0.3) is 5.69 Å². The zero-order valence-corrected chi connectivity index (χ0v) is 25.9. The number of rotatable bonds is 7. The van der Waals surface area contributed by atoms with E-state index in [1.807, 2.05) is 36.4 Å². The Kier molecular flexibility index (Phi) is 8.52. The molecule has 0 aliphatic carbocycles. The van der Waals surface area contributed by atoms with Crippen LogP contribution in [0, 0.1) is 15.9 Å². The minimum absolute atomic E-state index is 0.0946. The topological polar surface area (TPSA) is 115 Å². The number of allylic oxidation sites excluding steroid dienone is 1. The number of nitrogens with zero attached hydrogens (tertiary/aromatic N) is 5. The van der Waals surface area contributed by atoms with Crippen molar-refractivity contribution in [1.29, 1.82) is 0 Å². The second-order valence-electron chi connectivity index (χ2n) is 9.18. The molecule has 15 heteroatoms. The molecule has 3 heterocycles. The summed E-state index contributed by atoms with van der Waals surface area (Å²) in [4.78, 5) is 24.1. The van der Waals surface area contributed by atoms with Crippen LogP contribution in [0.15, 0.2) is 88.0 Å². The zero-order chi connectivity index (χ0) is 31.0. The van der Waals surface area contributed by atoms with E-state index in [0.717, 1.165) is 11.1 Å². The van der Waals surface area contributed by atoms with Gasteiger partial charge in [0.15, 0.2) is 5.82 Å². The summed E-state index contributed by atoms with van der Waals surface area (Å²) in [5.41, 5.74) is 2.56. The number of non-ortho nitro benzene ring substituents is 1. The smallest absolute Gasteiger partial charge is 0.270 e. The van der Waals surface area contributed by atoms with Crippen LogP contribution in [0.5, 0.6) is 0 Å². The molecule has 0 bridgehead atoms. The van der Waals surface area contributed by atoms with Gasteiger partial charge in [-0.25, -0.2) is 4.39 Å². The molecule has 1 amide bonds. The minimum Gasteiger partial charge on any atom is -0.317 e. The van der Waals surface area contributed by atoms with Crippen molar-refractivity contribution in [1.82, 2.24) is 14.9 Å². The zero-order valence-electron chi connectivity index (χ0n) is 22.0. The number of nitro benzene ring substituents is 1. The predicted molar refractivity (Wildman–Crippen MR) is 173 cm³/mol. The second-order valence-corrected chi connectivity index (χ2v) is 12.3. The summed E-state index contributed by atoms with van der Waals surface area (Å²) in [5.74, 6) is -0.919. The van der Waals surface area contributed by atoms with E-state index in [0.29, 0.717) is 31.3 Å². The van der Waals surface area contributed by atoms with Gasteiger partial charge in [-0.05, 0) is 47.2 Å². The molecule has 0 saturated heterocycles. The third-order valence-electron chi connectivity index (χ3n) is 6.29. The number of hydrogen-bond donors (Lipinski definition) is 1. The van der Waals surface area contributed by atoms with Crippen LogP contribution in [0.1, 0.15) is 11.1 Å². The first kappa shape index (κ1) is 30.0. The van der Waals surface area contributed by atoms with Crippen LogP contribution in [-0.2, 0) is 4.79 Å². The van der Waals surface area contributed by atoms with E-state index in [4.69, 9.17) is 39.9 Å². The maximum Gasteiger partial charge on any atom is 0.270 e. The first-order valence-corrected chi connectivity index (χ1v) is 15.5. The molecule has 2 aromatic heterocycles. The standard InChI is InChI=1S/C29H16Cl3FN6O3S2/c30-14-24(40)34-25-12-18(16-6-2-1-3-7-16)27(44-25)28-35-36-29-38(28)37-26(19-11-22(33)21(32)13-20(19)31)23(43-29)10-15-5-4-8-17(9-15)39(41)42/h1-13H,14H2,(H,34,40)/b23-10-. The number of nitro groups is 1. The van der Waals surface area contributed by atoms with E-state index in [1.54, 1.807) is 18.2 Å². The molecule has 1 N–H and O–H groups in total. The molecule has 6 rings (SSSR count). The lowest BCUT2D eigenvalue weighted by Crippen LogP contribution is -2.13. The third-order valence-corrected chi connectivity index (χ3v) is 9.15. The van der Waals surface area contributed by atoms with Gasteiger partial charge in [0.2, 0.25) is 11.1 Å². The number of halogens is 4. The van der Waals surface area contributed by atoms with Crippen molar-refractivity contribution in [2.24, 2.45) is 5.10 Å². The van der Waals surface area contributed by atoms with Crippen LogP contribution >= 0.6 is 57.9 Å². The number of carbonyl (C=O) groups excluding carboxylic acids is 1. The normalized spacial score (nSPS) is 13.5. The van der Waals surface area contributed by atoms with Gasteiger partial charge in [-0.15, -0.1) is 33.1 Å². The third kappa shape index (κ3) is 5.99. The molecule has 9 nitrogen and oxygen atoms in total. The molecule has 5 aromatic rings. The summed E-state index contributed by atoms with van der Waals surface area (Å²) in [6.07, 6.45) is 1.68. The highest BCUT2D eigenvalue weighted by molar-refractivity contribution is 8.04. The highest BCUT2D eigenvalue weighted by Gasteiger charge is 2.29. The van der Waals surface area contributed by atoms with Gasteiger partial charge in [-0.1, -0.05) is 65.7 Å². The molecule has 0 atom stereocenters. The van der Waals surface area contributed by atoms with Gasteiger partial charge in [0.1, 0.15) is 17.4 Å². The van der Waals surface area contributed by atoms with Crippen molar-refractivity contribution in [2.75, 3.05) is 11.2 Å². The predicted octanol–water partition coefficient (Wildman–Crippen LogP) is 8.60. The molecule has 1 aliphatic rings. The molecule has 1 aliphatic heterocycles. The Labute approximate surface area is 272 Å². The van der Waals surface area contributed by atoms with Crippen molar-refractivity contribution in [3.8, 4) is 21.8 Å². The Hall–Kier alpha value is -4.07. The number of benzene rings is 3. The van der Waals surface area contributed by atoms with Gasteiger partial charge < -0.3 is 5.32 Å². The lowest BCUT2D eigenvalue weighted by Gasteiger charge is -2.18. The lowest BCUT2D eigenvalue weighted by atomic mass is 10.1. The number of aromatic nitrogens is 3. The minimum atomic E-state index is -0.701. The fraction of sp³-hybridized carbons (Fsp3) is 0.0345. The maximum absolute atomic E-state index is 14.7. The second kappa shape index (κ2) is 12.5. The highest BCUT2D eigenvalue weighted by atomic mass is 35.5. The summed E-state index contributed by atoms with van der Waals surface area (Å²) in [6.45, 7) is 0. The molecule has 0 spiro atoms. The number of thioether (sulfide) groups is 1. The van der Waals surface area contributed by atoms with Crippen LogP contribution < -0.4 is 5.32 Å². The van der Waals surface area contributed by atoms with Crippen LogP contribution in [0.2, 0.25) is 10.0 Å². The average Bonchev–Trinajstić information content (AvgIpc) is 3.62. The maximum atomic E-state index is 14.7. The molecule has 3 aromatic carbocycles. The Morgan fingerprint density at radius 3 is 2.57 bits per heavy atom. The first-order valence-electron chi connectivity index (χ1n) is 12.6. The summed E-state index contributed by atoms with van der Waals surface area (Å²) >= 11 is 20.7. The molecular weight excluding hydrogens is 670 g/mol. The van der Waals surface area contributed by atoms with Gasteiger partial charge in [0, 0.05) is 28.2 Å².